The molecule has 6 nitrogen and oxygen atoms in total. The molecule has 6 heteroatoms. The second kappa shape index (κ2) is 7.86. The van der Waals surface area contributed by atoms with Crippen LogP contribution in [0.25, 0.3) is 11.0 Å². The van der Waals surface area contributed by atoms with Crippen molar-refractivity contribution in [1.29, 1.82) is 0 Å². The molecule has 138 valence electrons. The molecule has 0 aliphatic heterocycles. The number of esters is 1. The number of anilines is 1. The summed E-state index contributed by atoms with van der Waals surface area (Å²) in [6.45, 7) is 3.68. The van der Waals surface area contributed by atoms with E-state index >= 15 is 0 Å². The number of para-hydroxylation sites is 1. The summed E-state index contributed by atoms with van der Waals surface area (Å²) in [5.74, 6) is -1.20. The Bertz CT molecular complexity index is 1030. The molecule has 0 aliphatic rings. The van der Waals surface area contributed by atoms with Crippen LogP contribution in [0.1, 0.15) is 35.9 Å². The van der Waals surface area contributed by atoms with Crippen LogP contribution in [0.15, 0.2) is 63.8 Å². The second-order valence-electron chi connectivity index (χ2n) is 6.37. The maximum atomic E-state index is 12.1. The van der Waals surface area contributed by atoms with Crippen molar-refractivity contribution in [2.24, 2.45) is 0 Å². The molecule has 0 aliphatic carbocycles. The smallest absolute Gasteiger partial charge is 0.374 e. The van der Waals surface area contributed by atoms with Gasteiger partial charge in [-0.25, -0.2) is 4.79 Å². The van der Waals surface area contributed by atoms with Crippen LogP contribution in [0.5, 0.6) is 0 Å². The monoisotopic (exact) mass is 365 g/mol. The number of rotatable bonds is 5. The molecule has 1 N–H and O–H groups in total. The first-order valence-electron chi connectivity index (χ1n) is 8.54. The minimum atomic E-state index is -0.872. The standard InChI is InChI=1S/C21H19NO5/c1-13(2)14-7-9-15(10-8-14)22-20(24)12-26-21(25)19-11-17(23)16-5-3-4-6-18(16)27-19/h3-11,13H,12H2,1-2H3,(H,22,24). The first kappa shape index (κ1) is 18.4. The molecular weight excluding hydrogens is 346 g/mol. The number of carbonyl (C=O) groups is 2. The van der Waals surface area contributed by atoms with E-state index in [-0.39, 0.29) is 16.8 Å². The van der Waals surface area contributed by atoms with E-state index in [9.17, 15) is 14.4 Å². The zero-order valence-corrected chi connectivity index (χ0v) is 15.0. The Balaban J connectivity index is 1.61. The van der Waals surface area contributed by atoms with Gasteiger partial charge in [0.25, 0.3) is 5.91 Å². The van der Waals surface area contributed by atoms with Gasteiger partial charge in [-0.3, -0.25) is 9.59 Å². The van der Waals surface area contributed by atoms with Crippen molar-refractivity contribution in [3.8, 4) is 0 Å². The van der Waals surface area contributed by atoms with E-state index in [1.165, 1.54) is 0 Å². The molecule has 2 aromatic carbocycles. The van der Waals surface area contributed by atoms with Crippen molar-refractivity contribution in [1.82, 2.24) is 0 Å². The second-order valence-corrected chi connectivity index (χ2v) is 6.37. The number of ether oxygens (including phenoxy) is 1. The van der Waals surface area contributed by atoms with Crippen molar-refractivity contribution >= 4 is 28.5 Å². The van der Waals surface area contributed by atoms with E-state index < -0.39 is 18.5 Å². The van der Waals surface area contributed by atoms with E-state index in [2.05, 4.69) is 19.2 Å². The molecule has 0 saturated carbocycles. The van der Waals surface area contributed by atoms with Crippen LogP contribution in [0.3, 0.4) is 0 Å². The summed E-state index contributed by atoms with van der Waals surface area (Å²) in [6.07, 6.45) is 0. The van der Waals surface area contributed by atoms with Gasteiger partial charge in [-0.05, 0) is 35.7 Å². The van der Waals surface area contributed by atoms with Gasteiger partial charge in [0.2, 0.25) is 5.76 Å². The van der Waals surface area contributed by atoms with Gasteiger partial charge in [0.1, 0.15) is 5.58 Å². The molecule has 3 aromatic rings. The normalized spacial score (nSPS) is 10.8. The predicted octanol–water partition coefficient (Wildman–Crippen LogP) is 3.71. The minimum absolute atomic E-state index is 0.243. The Morgan fingerprint density at radius 3 is 2.48 bits per heavy atom. The van der Waals surface area contributed by atoms with Crippen molar-refractivity contribution in [2.75, 3.05) is 11.9 Å². The average Bonchev–Trinajstić information content (AvgIpc) is 2.66. The third-order valence-corrected chi connectivity index (χ3v) is 4.03. The lowest BCUT2D eigenvalue weighted by molar-refractivity contribution is -0.119. The van der Waals surface area contributed by atoms with Crippen LogP contribution in [-0.4, -0.2) is 18.5 Å². The Morgan fingerprint density at radius 2 is 1.78 bits per heavy atom. The molecule has 0 saturated heterocycles. The fourth-order valence-corrected chi connectivity index (χ4v) is 2.56. The Kier molecular flexibility index (Phi) is 5.35. The van der Waals surface area contributed by atoms with Gasteiger partial charge in [-0.1, -0.05) is 38.1 Å². The van der Waals surface area contributed by atoms with Crippen LogP contribution >= 0.6 is 0 Å². The molecule has 3 rings (SSSR count). The van der Waals surface area contributed by atoms with E-state index in [1.54, 1.807) is 36.4 Å². The highest BCUT2D eigenvalue weighted by Crippen LogP contribution is 2.17. The van der Waals surface area contributed by atoms with Crippen molar-refractivity contribution in [3.63, 3.8) is 0 Å². The number of carbonyl (C=O) groups excluding carboxylic acids is 2. The topological polar surface area (TPSA) is 85.6 Å². The molecule has 1 heterocycles. The predicted molar refractivity (Wildman–Crippen MR) is 102 cm³/mol. The SMILES string of the molecule is CC(C)c1ccc(NC(=O)COC(=O)c2cc(=O)c3ccccc3o2)cc1. The van der Waals surface area contributed by atoms with Crippen molar-refractivity contribution in [2.45, 2.75) is 19.8 Å². The number of amides is 1. The highest BCUT2D eigenvalue weighted by molar-refractivity contribution is 5.95. The van der Waals surface area contributed by atoms with Crippen molar-refractivity contribution in [3.05, 3.63) is 76.1 Å². The first-order chi connectivity index (χ1) is 12.9. The average molecular weight is 365 g/mol. The van der Waals surface area contributed by atoms with Gasteiger partial charge in [0.05, 0.1) is 5.39 Å². The zero-order chi connectivity index (χ0) is 19.4. The minimum Gasteiger partial charge on any atom is -0.450 e. The van der Waals surface area contributed by atoms with Gasteiger partial charge >= 0.3 is 5.97 Å². The van der Waals surface area contributed by atoms with E-state index in [0.717, 1.165) is 11.6 Å². The van der Waals surface area contributed by atoms with Gasteiger partial charge in [0.15, 0.2) is 12.0 Å². The van der Waals surface area contributed by atoms with Crippen LogP contribution in [0.2, 0.25) is 0 Å². The molecule has 1 aromatic heterocycles. The summed E-state index contributed by atoms with van der Waals surface area (Å²) in [4.78, 5) is 36.1. The summed E-state index contributed by atoms with van der Waals surface area (Å²) in [6, 6.07) is 15.1. The Morgan fingerprint density at radius 1 is 1.07 bits per heavy atom. The highest BCUT2D eigenvalue weighted by atomic mass is 16.5. The van der Waals surface area contributed by atoms with E-state index in [4.69, 9.17) is 9.15 Å². The quantitative estimate of drug-likeness (QED) is 0.697. The van der Waals surface area contributed by atoms with Crippen LogP contribution < -0.4 is 10.7 Å². The molecule has 0 bridgehead atoms. The molecule has 0 radical (unpaired) electrons. The maximum Gasteiger partial charge on any atom is 0.374 e. The number of hydrogen-bond donors (Lipinski definition) is 1. The summed E-state index contributed by atoms with van der Waals surface area (Å²) in [5, 5.41) is 3.02. The lowest BCUT2D eigenvalue weighted by Gasteiger charge is -2.09. The van der Waals surface area contributed by atoms with Gasteiger partial charge < -0.3 is 14.5 Å². The molecule has 0 fully saturated rings. The van der Waals surface area contributed by atoms with Gasteiger partial charge in [-0.15, -0.1) is 0 Å². The maximum absolute atomic E-state index is 12.1. The van der Waals surface area contributed by atoms with Gasteiger partial charge in [0, 0.05) is 11.8 Å². The van der Waals surface area contributed by atoms with Gasteiger partial charge in [-0.2, -0.15) is 0 Å². The molecule has 27 heavy (non-hydrogen) atoms. The fraction of sp³-hybridized carbons (Fsp3) is 0.190. The fourth-order valence-electron chi connectivity index (χ4n) is 2.56. The molecule has 0 spiro atoms. The Labute approximate surface area is 155 Å². The molecule has 0 unspecified atom stereocenters. The summed E-state index contributed by atoms with van der Waals surface area (Å²) >= 11 is 0. The summed E-state index contributed by atoms with van der Waals surface area (Å²) in [7, 11) is 0. The van der Waals surface area contributed by atoms with E-state index in [1.807, 2.05) is 12.1 Å². The highest BCUT2D eigenvalue weighted by Gasteiger charge is 2.15. The zero-order valence-electron chi connectivity index (χ0n) is 15.0. The number of fused-ring (bicyclic) bond motifs is 1. The van der Waals surface area contributed by atoms with Crippen LogP contribution in [0, 0.1) is 0 Å². The Hall–Kier alpha value is -3.41. The molecule has 0 atom stereocenters. The largest absolute Gasteiger partial charge is 0.450 e. The summed E-state index contributed by atoms with van der Waals surface area (Å²) in [5.41, 5.74) is 1.70. The molecular formula is C21H19NO5. The lowest BCUT2D eigenvalue weighted by atomic mass is 10.0. The number of benzene rings is 2. The summed E-state index contributed by atoms with van der Waals surface area (Å²) < 4.78 is 10.3. The first-order valence-corrected chi connectivity index (χ1v) is 8.54. The third kappa shape index (κ3) is 4.41. The third-order valence-electron chi connectivity index (χ3n) is 4.03. The number of nitrogens with one attached hydrogen (secondary N) is 1. The van der Waals surface area contributed by atoms with Crippen LogP contribution in [0.4, 0.5) is 5.69 Å². The van der Waals surface area contributed by atoms with Crippen LogP contribution in [-0.2, 0) is 9.53 Å². The van der Waals surface area contributed by atoms with E-state index in [0.29, 0.717) is 17.0 Å². The lowest BCUT2D eigenvalue weighted by Crippen LogP contribution is -2.21. The van der Waals surface area contributed by atoms with Crippen molar-refractivity contribution < 1.29 is 18.7 Å². The molecule has 1 amide bonds. The number of hydrogen-bond acceptors (Lipinski definition) is 5.